The van der Waals surface area contributed by atoms with Gasteiger partial charge in [-0.3, -0.25) is 9.60 Å². The van der Waals surface area contributed by atoms with Gasteiger partial charge < -0.3 is 4.89 Å². The molecular weight excluding hydrogens is 98.8 g/mol. The van der Waals surface area contributed by atoms with Crippen molar-refractivity contribution in [2.45, 2.75) is 0 Å². The molecule has 0 aromatic heterocycles. The van der Waals surface area contributed by atoms with Crippen LogP contribution in [0.25, 0.3) is 0 Å². The summed E-state index contributed by atoms with van der Waals surface area (Å²) >= 11 is 0. The van der Waals surface area contributed by atoms with E-state index in [4.69, 9.17) is 0 Å². The fraction of sp³-hybridized carbons (Fsp3) is 0. The van der Waals surface area contributed by atoms with Gasteiger partial charge in [-0.2, -0.15) is 0 Å². The topological polar surface area (TPSA) is 52.6 Å². The molecule has 0 spiro atoms. The van der Waals surface area contributed by atoms with E-state index < -0.39 is 11.7 Å². The van der Waals surface area contributed by atoms with Crippen molar-refractivity contribution in [1.29, 1.82) is 0 Å². The van der Waals surface area contributed by atoms with E-state index in [1.54, 1.807) is 0 Å². The minimum absolute atomic E-state index is 0.711. The van der Waals surface area contributed by atoms with Crippen LogP contribution in [0.2, 0.25) is 0 Å². The molecule has 0 unspecified atom stereocenters. The number of hydrogen-bond acceptors (Lipinski definition) is 4. The molecule has 0 amide bonds. The van der Waals surface area contributed by atoms with Gasteiger partial charge in [0.15, 0.2) is 0 Å². The third-order valence-electron chi connectivity index (χ3n) is 0.480. The molecule has 1 aliphatic heterocycles. The van der Waals surface area contributed by atoms with Crippen LogP contribution < -0.4 is 0 Å². The molecule has 5 heteroatoms. The highest BCUT2D eigenvalue weighted by Gasteiger charge is 2.27. The van der Waals surface area contributed by atoms with Crippen LogP contribution in [0, 0.1) is 0 Å². The highest BCUT2D eigenvalue weighted by atomic mass is 17.2. The maximum atomic E-state index is 9.92. The Bertz CT molecular complexity index is 105. The molecule has 0 saturated carbocycles. The summed E-state index contributed by atoms with van der Waals surface area (Å²) in [6.07, 6.45) is 0. The van der Waals surface area contributed by atoms with Gasteiger partial charge in [0.05, 0.1) is 0 Å². The zero-order valence-corrected chi connectivity index (χ0v) is 3.21. The molecule has 1 saturated heterocycles. The summed E-state index contributed by atoms with van der Waals surface area (Å²) in [5.74, 6) is -0.958. The van der Waals surface area contributed by atoms with Crippen LogP contribution in [0.3, 0.4) is 0 Å². The first-order chi connectivity index (χ1) is 3.30. The molecular formula is C2BO4. The van der Waals surface area contributed by atoms with Crippen LogP contribution in [0.1, 0.15) is 0 Å². The molecule has 0 N–H and O–H groups in total. The first-order valence-corrected chi connectivity index (χ1v) is 1.55. The second kappa shape index (κ2) is 1.34. The third kappa shape index (κ3) is 0.616. The molecule has 1 heterocycles. The van der Waals surface area contributed by atoms with E-state index in [2.05, 4.69) is 9.69 Å². The van der Waals surface area contributed by atoms with Crippen molar-refractivity contribution in [2.75, 3.05) is 0 Å². The van der Waals surface area contributed by atoms with Crippen LogP contribution in [0.4, 0.5) is 0 Å². The van der Waals surface area contributed by atoms with Gasteiger partial charge in [-0.05, 0) is 0 Å². The number of carbonyl (C=O) groups excluding carboxylic acids is 2. The van der Waals surface area contributed by atoms with E-state index in [0.717, 1.165) is 0 Å². The smallest absolute Gasteiger partial charge is 0.307 e. The lowest BCUT2D eigenvalue weighted by Crippen LogP contribution is -2.09. The average molecular weight is 98.8 g/mol. The lowest BCUT2D eigenvalue weighted by atomic mass is 9.96. The number of carbonyl (C=O) groups is 2. The molecule has 35 valence electrons. The Labute approximate surface area is 39.6 Å². The van der Waals surface area contributed by atoms with Gasteiger partial charge in [0.2, 0.25) is 5.68 Å². The molecule has 0 aromatic carbocycles. The molecule has 7 heavy (non-hydrogen) atoms. The Kier molecular flexibility index (Phi) is 0.831. The summed E-state index contributed by atoms with van der Waals surface area (Å²) in [6, 6.07) is 0. The predicted molar refractivity (Wildman–Crippen MR) is 17.9 cm³/mol. The molecule has 4 nitrogen and oxygen atoms in total. The Morgan fingerprint density at radius 1 is 1.43 bits per heavy atom. The van der Waals surface area contributed by atoms with E-state index in [1.165, 1.54) is 0 Å². The summed E-state index contributed by atoms with van der Waals surface area (Å²) < 4.78 is 0. The standard InChI is InChI=1S/C2BO4/c4-1-2(5)6-7-3-1. The molecule has 1 radical (unpaired) electrons. The minimum Gasteiger partial charge on any atom is -0.307 e. The molecule has 0 bridgehead atoms. The van der Waals surface area contributed by atoms with Gasteiger partial charge in [-0.15, -0.1) is 0 Å². The molecule has 1 fully saturated rings. The van der Waals surface area contributed by atoms with E-state index in [0.29, 0.717) is 7.48 Å². The first-order valence-electron chi connectivity index (χ1n) is 1.55. The Hall–Kier alpha value is -0.835. The van der Waals surface area contributed by atoms with Crippen molar-refractivity contribution < 1.29 is 19.3 Å². The Morgan fingerprint density at radius 3 is 2.29 bits per heavy atom. The first kappa shape index (κ1) is 4.33. The van der Waals surface area contributed by atoms with Crippen molar-refractivity contribution in [2.24, 2.45) is 0 Å². The minimum atomic E-state index is -0.958. The quantitative estimate of drug-likeness (QED) is 0.213. The summed E-state index contributed by atoms with van der Waals surface area (Å²) in [6.45, 7) is 0. The fourth-order valence-corrected chi connectivity index (χ4v) is 0.201. The van der Waals surface area contributed by atoms with Crippen LogP contribution in [0.5, 0.6) is 0 Å². The lowest BCUT2D eigenvalue weighted by Gasteiger charge is -1.79. The van der Waals surface area contributed by atoms with Crippen LogP contribution in [-0.2, 0) is 19.3 Å². The van der Waals surface area contributed by atoms with Crippen molar-refractivity contribution in [1.82, 2.24) is 0 Å². The molecule has 1 aliphatic rings. The third-order valence-corrected chi connectivity index (χ3v) is 0.480. The van der Waals surface area contributed by atoms with Gasteiger partial charge >= 0.3 is 13.5 Å². The lowest BCUT2D eigenvalue weighted by molar-refractivity contribution is -0.200. The van der Waals surface area contributed by atoms with Crippen molar-refractivity contribution in [3.63, 3.8) is 0 Å². The zero-order chi connectivity index (χ0) is 5.28. The van der Waals surface area contributed by atoms with Gasteiger partial charge in [-0.25, -0.2) is 4.79 Å². The SMILES string of the molecule is O=C1[B]OOC1=O. The summed E-state index contributed by atoms with van der Waals surface area (Å²) in [4.78, 5) is 27.3. The van der Waals surface area contributed by atoms with Crippen LogP contribution >= 0.6 is 0 Å². The predicted octanol–water partition coefficient (Wildman–Crippen LogP) is -1.38. The van der Waals surface area contributed by atoms with E-state index in [9.17, 15) is 9.59 Å². The van der Waals surface area contributed by atoms with Gasteiger partial charge in [0.25, 0.3) is 0 Å². The normalized spacial score (nSPS) is 18.9. The molecule has 1 rings (SSSR count). The number of rotatable bonds is 0. The fourth-order valence-electron chi connectivity index (χ4n) is 0.201. The zero-order valence-electron chi connectivity index (χ0n) is 3.21. The molecule has 0 aromatic rings. The average Bonchev–Trinajstić information content (AvgIpc) is 1.91. The van der Waals surface area contributed by atoms with Crippen LogP contribution in [-0.4, -0.2) is 19.1 Å². The van der Waals surface area contributed by atoms with Crippen molar-refractivity contribution in [3.8, 4) is 0 Å². The summed E-state index contributed by atoms with van der Waals surface area (Å²) in [5, 5.41) is 0. The van der Waals surface area contributed by atoms with Crippen molar-refractivity contribution >= 4 is 19.1 Å². The van der Waals surface area contributed by atoms with Crippen molar-refractivity contribution in [3.05, 3.63) is 0 Å². The second-order valence-electron chi connectivity index (χ2n) is 0.949. The Morgan fingerprint density at radius 2 is 2.14 bits per heavy atom. The second-order valence-corrected chi connectivity index (χ2v) is 0.949. The van der Waals surface area contributed by atoms with Crippen LogP contribution in [0.15, 0.2) is 0 Å². The van der Waals surface area contributed by atoms with Gasteiger partial charge in [0.1, 0.15) is 0 Å². The van der Waals surface area contributed by atoms with E-state index >= 15 is 0 Å². The number of hydrogen-bond donors (Lipinski definition) is 0. The summed E-state index contributed by atoms with van der Waals surface area (Å²) in [5.41, 5.74) is -0.750. The Balaban J connectivity index is 2.65. The molecule has 0 aliphatic carbocycles. The van der Waals surface area contributed by atoms with Gasteiger partial charge in [0, 0.05) is 0 Å². The largest absolute Gasteiger partial charge is 0.458 e. The van der Waals surface area contributed by atoms with E-state index in [-0.39, 0.29) is 0 Å². The maximum absolute atomic E-state index is 9.92. The monoisotopic (exact) mass is 99.0 g/mol. The summed E-state index contributed by atoms with van der Waals surface area (Å²) in [7, 11) is 0.711. The highest BCUT2D eigenvalue weighted by Crippen LogP contribution is 1.89. The van der Waals surface area contributed by atoms with Gasteiger partial charge in [-0.1, -0.05) is 0 Å². The highest BCUT2D eigenvalue weighted by molar-refractivity contribution is 6.85. The maximum Gasteiger partial charge on any atom is 0.458 e. The molecule has 0 atom stereocenters. The van der Waals surface area contributed by atoms with E-state index in [1.807, 2.05) is 0 Å².